The van der Waals surface area contributed by atoms with Gasteiger partial charge in [0.25, 0.3) is 0 Å². The summed E-state index contributed by atoms with van der Waals surface area (Å²) in [4.78, 5) is 15.5. The van der Waals surface area contributed by atoms with E-state index in [0.717, 1.165) is 44.7 Å². The van der Waals surface area contributed by atoms with Crippen molar-refractivity contribution in [3.8, 4) is 5.75 Å². The molecule has 2 aliphatic rings. The van der Waals surface area contributed by atoms with Gasteiger partial charge in [-0.2, -0.15) is 0 Å². The first-order valence-electron chi connectivity index (χ1n) is 11.7. The van der Waals surface area contributed by atoms with Crippen molar-refractivity contribution in [3.63, 3.8) is 0 Å². The maximum Gasteiger partial charge on any atom is 0.332 e. The van der Waals surface area contributed by atoms with E-state index in [1.165, 1.54) is 43.2 Å². The Labute approximate surface area is 200 Å². The zero-order chi connectivity index (χ0) is 23.7. The second-order valence-corrected chi connectivity index (χ2v) is 10.0. The maximum atomic E-state index is 9.45. The number of ether oxygens (including phenoxy) is 2. The van der Waals surface area contributed by atoms with Gasteiger partial charge in [-0.25, -0.2) is 4.79 Å². The van der Waals surface area contributed by atoms with E-state index in [2.05, 4.69) is 22.8 Å². The Balaban J connectivity index is 0.000000454. The average molecular weight is 477 g/mol. The number of aliphatic carboxylic acids is 1. The predicted molar refractivity (Wildman–Crippen MR) is 129 cm³/mol. The van der Waals surface area contributed by atoms with Crippen LogP contribution < -0.4 is 10.1 Å². The van der Waals surface area contributed by atoms with Crippen molar-refractivity contribution in [1.82, 2.24) is 10.3 Å². The van der Waals surface area contributed by atoms with Crippen LogP contribution in [0.3, 0.4) is 0 Å². The number of carboxylic acids is 1. The summed E-state index contributed by atoms with van der Waals surface area (Å²) in [5.74, 6) is -0.196. The number of nitrogens with zero attached hydrogens (tertiary/aromatic N) is 1. The van der Waals surface area contributed by atoms with Crippen LogP contribution in [-0.4, -0.2) is 53.1 Å². The molecule has 0 amide bonds. The van der Waals surface area contributed by atoms with E-state index in [-0.39, 0.29) is 11.0 Å². The molecule has 8 heteroatoms. The molecular formula is C25H36N2O5S. The van der Waals surface area contributed by atoms with Crippen LogP contribution in [0.15, 0.2) is 35.8 Å². The standard InChI is InChI=1S/C22H30N2O2S.C3H6O3/c1-25-18-7-15-27-19(18)16-23-13-10-21(20-6-2-5-12-24-20)11-14-26-22(17-21)8-3-4-9-22;1-2(4)3(5)6/h2,5-7,12,15,23H,3-4,8-11,13-14,16-17H2,1H3;2,4H,1H3,(H,5,6)/t21-;/m1./s1. The van der Waals surface area contributed by atoms with Crippen LogP contribution in [0.25, 0.3) is 0 Å². The number of nitrogens with one attached hydrogen (secondary N) is 1. The van der Waals surface area contributed by atoms with Gasteiger partial charge in [-0.15, -0.1) is 11.3 Å². The molecule has 1 spiro atoms. The molecule has 2 atom stereocenters. The maximum absolute atomic E-state index is 9.45. The van der Waals surface area contributed by atoms with Gasteiger partial charge in [-0.1, -0.05) is 18.9 Å². The number of hydrogen-bond acceptors (Lipinski definition) is 7. The van der Waals surface area contributed by atoms with E-state index in [1.807, 2.05) is 18.3 Å². The lowest BCUT2D eigenvalue weighted by Crippen LogP contribution is -2.47. The third-order valence-corrected chi connectivity index (χ3v) is 7.62. The van der Waals surface area contributed by atoms with Crippen molar-refractivity contribution in [2.24, 2.45) is 0 Å². The number of methoxy groups -OCH3 is 1. The Morgan fingerprint density at radius 1 is 1.30 bits per heavy atom. The summed E-state index contributed by atoms with van der Waals surface area (Å²) < 4.78 is 11.8. The molecule has 2 fully saturated rings. The Morgan fingerprint density at radius 2 is 2.06 bits per heavy atom. The van der Waals surface area contributed by atoms with Crippen molar-refractivity contribution in [2.75, 3.05) is 20.3 Å². The minimum atomic E-state index is -1.23. The zero-order valence-corrected chi connectivity index (χ0v) is 20.4. The summed E-state index contributed by atoms with van der Waals surface area (Å²) in [6.45, 7) is 3.89. The molecule has 182 valence electrons. The first-order chi connectivity index (χ1) is 15.9. The SMILES string of the molecule is CC(O)C(=O)O.COc1ccsc1CNCC[C@@]1(c2ccccn2)CCOC2(CCCC2)C1. The van der Waals surface area contributed by atoms with Gasteiger partial charge in [-0.3, -0.25) is 4.98 Å². The second-order valence-electron chi connectivity index (χ2n) is 9.01. The van der Waals surface area contributed by atoms with Crippen molar-refractivity contribution in [3.05, 3.63) is 46.4 Å². The number of thiophene rings is 1. The lowest BCUT2D eigenvalue weighted by atomic mass is 9.68. The number of rotatable bonds is 8. The van der Waals surface area contributed by atoms with E-state index >= 15 is 0 Å². The molecule has 33 heavy (non-hydrogen) atoms. The first-order valence-corrected chi connectivity index (χ1v) is 12.6. The molecule has 1 aliphatic carbocycles. The minimum absolute atomic E-state index is 0.0900. The number of pyridine rings is 1. The first kappa shape index (κ1) is 25.6. The van der Waals surface area contributed by atoms with E-state index in [9.17, 15) is 4.79 Å². The molecule has 2 aromatic heterocycles. The molecule has 1 aliphatic heterocycles. The molecule has 3 N–H and O–H groups in total. The third kappa shape index (κ3) is 6.76. The highest BCUT2D eigenvalue weighted by atomic mass is 32.1. The summed E-state index contributed by atoms with van der Waals surface area (Å²) in [5, 5.41) is 21.5. The molecule has 0 radical (unpaired) electrons. The molecular weight excluding hydrogens is 440 g/mol. The smallest absolute Gasteiger partial charge is 0.332 e. The molecule has 0 aromatic carbocycles. The molecule has 4 rings (SSSR count). The predicted octanol–water partition coefficient (Wildman–Crippen LogP) is 4.14. The Kier molecular flexibility index (Phi) is 9.26. The number of hydrogen-bond donors (Lipinski definition) is 3. The second kappa shape index (κ2) is 11.9. The molecule has 1 saturated carbocycles. The molecule has 7 nitrogen and oxygen atoms in total. The topological polar surface area (TPSA) is 101 Å². The molecule has 0 bridgehead atoms. The fourth-order valence-corrected chi connectivity index (χ4v) is 5.77. The van der Waals surface area contributed by atoms with Gasteiger partial charge in [0.2, 0.25) is 0 Å². The normalized spacial score (nSPS) is 22.4. The fraction of sp³-hybridized carbons (Fsp3) is 0.600. The highest BCUT2D eigenvalue weighted by Crippen LogP contribution is 2.49. The number of carbonyl (C=O) groups is 1. The minimum Gasteiger partial charge on any atom is -0.496 e. The highest BCUT2D eigenvalue weighted by Gasteiger charge is 2.48. The zero-order valence-electron chi connectivity index (χ0n) is 19.6. The van der Waals surface area contributed by atoms with Crippen molar-refractivity contribution < 1.29 is 24.5 Å². The van der Waals surface area contributed by atoms with Crippen molar-refractivity contribution in [2.45, 2.75) is 75.5 Å². The van der Waals surface area contributed by atoms with Gasteiger partial charge < -0.3 is 25.0 Å². The number of aliphatic hydroxyl groups excluding tert-OH is 1. The fourth-order valence-electron chi connectivity index (χ4n) is 4.97. The Hall–Kier alpha value is -2.00. The number of aliphatic hydroxyl groups is 1. The van der Waals surface area contributed by atoms with Gasteiger partial charge in [-0.05, 0) is 69.2 Å². The molecule has 1 saturated heterocycles. The quantitative estimate of drug-likeness (QED) is 0.492. The Bertz CT molecular complexity index is 867. The average Bonchev–Trinajstić information content (AvgIpc) is 3.47. The van der Waals surface area contributed by atoms with Crippen LogP contribution in [0.1, 0.15) is 62.4 Å². The van der Waals surface area contributed by atoms with Crippen LogP contribution in [0.4, 0.5) is 0 Å². The van der Waals surface area contributed by atoms with Crippen molar-refractivity contribution >= 4 is 17.3 Å². The summed E-state index contributed by atoms with van der Waals surface area (Å²) in [6, 6.07) is 8.41. The highest BCUT2D eigenvalue weighted by molar-refractivity contribution is 7.10. The van der Waals surface area contributed by atoms with Gasteiger partial charge in [0.1, 0.15) is 11.9 Å². The lowest BCUT2D eigenvalue weighted by molar-refractivity contribution is -0.145. The Morgan fingerprint density at radius 3 is 2.70 bits per heavy atom. The largest absolute Gasteiger partial charge is 0.496 e. The van der Waals surface area contributed by atoms with Gasteiger partial charge in [0.05, 0.1) is 17.6 Å². The number of aromatic nitrogens is 1. The van der Waals surface area contributed by atoms with E-state index in [0.29, 0.717) is 0 Å². The van der Waals surface area contributed by atoms with E-state index in [1.54, 1.807) is 18.4 Å². The van der Waals surface area contributed by atoms with Gasteiger partial charge >= 0.3 is 5.97 Å². The van der Waals surface area contributed by atoms with Crippen LogP contribution in [-0.2, 0) is 21.5 Å². The van der Waals surface area contributed by atoms with Crippen LogP contribution >= 0.6 is 11.3 Å². The lowest BCUT2D eigenvalue weighted by Gasteiger charge is -2.46. The molecule has 1 unspecified atom stereocenters. The monoisotopic (exact) mass is 476 g/mol. The van der Waals surface area contributed by atoms with Crippen LogP contribution in [0, 0.1) is 0 Å². The van der Waals surface area contributed by atoms with Crippen molar-refractivity contribution in [1.29, 1.82) is 0 Å². The van der Waals surface area contributed by atoms with Gasteiger partial charge in [0.15, 0.2) is 0 Å². The van der Waals surface area contributed by atoms with Crippen LogP contribution in [0.5, 0.6) is 5.75 Å². The molecule has 2 aromatic rings. The van der Waals surface area contributed by atoms with Crippen LogP contribution in [0.2, 0.25) is 0 Å². The third-order valence-electron chi connectivity index (χ3n) is 6.72. The summed E-state index contributed by atoms with van der Waals surface area (Å²) >= 11 is 1.75. The summed E-state index contributed by atoms with van der Waals surface area (Å²) in [5.41, 5.74) is 1.46. The molecule has 3 heterocycles. The summed E-state index contributed by atoms with van der Waals surface area (Å²) in [6.07, 6.45) is 9.01. The summed E-state index contributed by atoms with van der Waals surface area (Å²) in [7, 11) is 1.74. The van der Waals surface area contributed by atoms with Gasteiger partial charge in [0, 0.05) is 30.5 Å². The number of carboxylic acid groups (broad SMARTS) is 1. The van der Waals surface area contributed by atoms with E-state index < -0.39 is 12.1 Å². The van der Waals surface area contributed by atoms with E-state index in [4.69, 9.17) is 24.7 Å².